The Morgan fingerprint density at radius 1 is 1.54 bits per heavy atom. The van der Waals surface area contributed by atoms with E-state index in [9.17, 15) is 8.78 Å². The summed E-state index contributed by atoms with van der Waals surface area (Å²) in [6, 6.07) is 0. The SMILES string of the molecule is CC1(C)OCC(C(F)(F)CCO)O1. The van der Waals surface area contributed by atoms with Crippen LogP contribution in [-0.4, -0.2) is 36.1 Å². The van der Waals surface area contributed by atoms with Crippen molar-refractivity contribution in [3.05, 3.63) is 0 Å². The molecule has 1 N–H and O–H groups in total. The van der Waals surface area contributed by atoms with Gasteiger partial charge in [-0.3, -0.25) is 0 Å². The molecule has 1 aliphatic rings. The van der Waals surface area contributed by atoms with Crippen LogP contribution in [0.5, 0.6) is 0 Å². The zero-order valence-electron chi connectivity index (χ0n) is 7.72. The second kappa shape index (κ2) is 3.48. The lowest BCUT2D eigenvalue weighted by Crippen LogP contribution is -2.37. The first-order chi connectivity index (χ1) is 5.87. The van der Waals surface area contributed by atoms with Crippen LogP contribution in [0.2, 0.25) is 0 Å². The normalized spacial score (nSPS) is 27.9. The van der Waals surface area contributed by atoms with E-state index in [2.05, 4.69) is 0 Å². The van der Waals surface area contributed by atoms with E-state index in [1.54, 1.807) is 13.8 Å². The van der Waals surface area contributed by atoms with Crippen molar-refractivity contribution in [2.75, 3.05) is 13.2 Å². The molecule has 0 aliphatic carbocycles. The summed E-state index contributed by atoms with van der Waals surface area (Å²) < 4.78 is 36.2. The Kier molecular flexibility index (Phi) is 2.89. The molecule has 13 heavy (non-hydrogen) atoms. The van der Waals surface area contributed by atoms with E-state index in [4.69, 9.17) is 14.6 Å². The Balaban J connectivity index is 2.54. The number of ether oxygens (including phenoxy) is 2. The third-order valence-electron chi connectivity index (χ3n) is 1.92. The minimum atomic E-state index is -3.01. The molecule has 0 saturated carbocycles. The Hall–Kier alpha value is -0.260. The molecule has 1 heterocycles. The molecule has 0 amide bonds. The van der Waals surface area contributed by atoms with Crippen molar-refractivity contribution in [3.63, 3.8) is 0 Å². The highest BCUT2D eigenvalue weighted by atomic mass is 19.3. The van der Waals surface area contributed by atoms with Gasteiger partial charge in [-0.1, -0.05) is 0 Å². The fraction of sp³-hybridized carbons (Fsp3) is 1.00. The van der Waals surface area contributed by atoms with E-state index >= 15 is 0 Å². The van der Waals surface area contributed by atoms with E-state index in [0.29, 0.717) is 0 Å². The second-order valence-electron chi connectivity index (χ2n) is 3.55. The lowest BCUT2D eigenvalue weighted by atomic mass is 10.1. The number of alkyl halides is 2. The van der Waals surface area contributed by atoms with E-state index in [0.717, 1.165) is 0 Å². The standard InChI is InChI=1S/C8H14F2O3/c1-7(2)12-5-6(13-7)8(9,10)3-4-11/h6,11H,3-5H2,1-2H3. The van der Waals surface area contributed by atoms with E-state index < -0.39 is 30.8 Å². The van der Waals surface area contributed by atoms with Crippen molar-refractivity contribution in [3.8, 4) is 0 Å². The molecule has 1 unspecified atom stereocenters. The fourth-order valence-electron chi connectivity index (χ4n) is 1.21. The summed E-state index contributed by atoms with van der Waals surface area (Å²) in [5, 5.41) is 8.42. The molecule has 0 radical (unpaired) electrons. The van der Waals surface area contributed by atoms with Gasteiger partial charge in [-0.25, -0.2) is 8.78 Å². The summed E-state index contributed by atoms with van der Waals surface area (Å²) >= 11 is 0. The minimum absolute atomic E-state index is 0.125. The number of rotatable bonds is 3. The van der Waals surface area contributed by atoms with Crippen LogP contribution >= 0.6 is 0 Å². The Morgan fingerprint density at radius 3 is 2.54 bits per heavy atom. The summed E-state index contributed by atoms with van der Waals surface area (Å²) in [4.78, 5) is 0. The van der Waals surface area contributed by atoms with Gasteiger partial charge in [0.15, 0.2) is 5.79 Å². The third-order valence-corrected chi connectivity index (χ3v) is 1.92. The molecule has 3 nitrogen and oxygen atoms in total. The van der Waals surface area contributed by atoms with Gasteiger partial charge in [0.2, 0.25) is 0 Å². The summed E-state index contributed by atoms with van der Waals surface area (Å²) in [5.74, 6) is -3.95. The molecule has 0 aromatic rings. The summed E-state index contributed by atoms with van der Waals surface area (Å²) in [5.41, 5.74) is 0. The van der Waals surface area contributed by atoms with Gasteiger partial charge in [0.1, 0.15) is 6.10 Å². The first kappa shape index (κ1) is 10.8. The van der Waals surface area contributed by atoms with Crippen LogP contribution in [0.3, 0.4) is 0 Å². The maximum absolute atomic E-state index is 13.1. The van der Waals surface area contributed by atoms with Crippen molar-refractivity contribution >= 4 is 0 Å². The number of hydrogen-bond acceptors (Lipinski definition) is 3. The van der Waals surface area contributed by atoms with Crippen molar-refractivity contribution in [2.24, 2.45) is 0 Å². The molecule has 1 atom stereocenters. The summed E-state index contributed by atoms with van der Waals surface area (Å²) in [6.07, 6.45) is -1.83. The maximum atomic E-state index is 13.1. The van der Waals surface area contributed by atoms with Gasteiger partial charge < -0.3 is 14.6 Å². The molecule has 5 heteroatoms. The van der Waals surface area contributed by atoms with Gasteiger partial charge >= 0.3 is 0 Å². The highest BCUT2D eigenvalue weighted by molar-refractivity contribution is 4.83. The second-order valence-corrected chi connectivity index (χ2v) is 3.55. The average molecular weight is 196 g/mol. The third kappa shape index (κ3) is 2.59. The molecule has 0 spiro atoms. The van der Waals surface area contributed by atoms with Gasteiger partial charge in [0.25, 0.3) is 5.92 Å². The first-order valence-electron chi connectivity index (χ1n) is 4.18. The maximum Gasteiger partial charge on any atom is 0.278 e. The van der Waals surface area contributed by atoms with Crippen LogP contribution in [0, 0.1) is 0 Å². The first-order valence-corrected chi connectivity index (χ1v) is 4.18. The molecule has 1 saturated heterocycles. The summed E-state index contributed by atoms with van der Waals surface area (Å²) in [7, 11) is 0. The topological polar surface area (TPSA) is 38.7 Å². The van der Waals surface area contributed by atoms with Crippen LogP contribution in [0.25, 0.3) is 0 Å². The van der Waals surface area contributed by atoms with E-state index in [1.807, 2.05) is 0 Å². The van der Waals surface area contributed by atoms with Crippen molar-refractivity contribution in [1.82, 2.24) is 0 Å². The molecule has 0 bridgehead atoms. The number of aliphatic hydroxyl groups is 1. The molecule has 0 aromatic carbocycles. The Bertz CT molecular complexity index is 182. The van der Waals surface area contributed by atoms with Gasteiger partial charge in [-0.05, 0) is 13.8 Å². The molecule has 1 fully saturated rings. The van der Waals surface area contributed by atoms with Gasteiger partial charge in [-0.15, -0.1) is 0 Å². The van der Waals surface area contributed by atoms with Crippen molar-refractivity contribution < 1.29 is 23.4 Å². The van der Waals surface area contributed by atoms with Crippen LogP contribution < -0.4 is 0 Å². The molecular formula is C8H14F2O3. The molecule has 1 rings (SSSR count). The van der Waals surface area contributed by atoms with Crippen molar-refractivity contribution in [1.29, 1.82) is 0 Å². The van der Waals surface area contributed by atoms with Gasteiger partial charge in [0.05, 0.1) is 6.61 Å². The van der Waals surface area contributed by atoms with Gasteiger partial charge in [0, 0.05) is 13.0 Å². The van der Waals surface area contributed by atoms with Gasteiger partial charge in [-0.2, -0.15) is 0 Å². The number of aliphatic hydroxyl groups excluding tert-OH is 1. The van der Waals surface area contributed by atoms with Crippen molar-refractivity contribution in [2.45, 2.75) is 38.1 Å². The zero-order valence-corrected chi connectivity index (χ0v) is 7.72. The predicted molar refractivity (Wildman–Crippen MR) is 41.6 cm³/mol. The Labute approximate surface area is 75.6 Å². The number of hydrogen-bond donors (Lipinski definition) is 1. The predicted octanol–water partition coefficient (Wildman–Crippen LogP) is 1.16. The highest BCUT2D eigenvalue weighted by Gasteiger charge is 2.47. The van der Waals surface area contributed by atoms with E-state index in [-0.39, 0.29) is 6.61 Å². The Morgan fingerprint density at radius 2 is 2.15 bits per heavy atom. The monoisotopic (exact) mass is 196 g/mol. The van der Waals surface area contributed by atoms with E-state index in [1.165, 1.54) is 0 Å². The van der Waals surface area contributed by atoms with Crippen LogP contribution in [0.15, 0.2) is 0 Å². The lowest BCUT2D eigenvalue weighted by molar-refractivity contribution is -0.185. The smallest absolute Gasteiger partial charge is 0.278 e. The average Bonchev–Trinajstić information content (AvgIpc) is 2.30. The number of halogens is 2. The molecule has 78 valence electrons. The lowest BCUT2D eigenvalue weighted by Gasteiger charge is -2.23. The molecular weight excluding hydrogens is 182 g/mol. The van der Waals surface area contributed by atoms with Crippen LogP contribution in [-0.2, 0) is 9.47 Å². The highest BCUT2D eigenvalue weighted by Crippen LogP contribution is 2.34. The van der Waals surface area contributed by atoms with Crippen LogP contribution in [0.1, 0.15) is 20.3 Å². The molecule has 0 aromatic heterocycles. The zero-order chi connectivity index (χ0) is 10.1. The largest absolute Gasteiger partial charge is 0.396 e. The minimum Gasteiger partial charge on any atom is -0.396 e. The fourth-order valence-corrected chi connectivity index (χ4v) is 1.21. The quantitative estimate of drug-likeness (QED) is 0.736. The molecule has 1 aliphatic heterocycles. The van der Waals surface area contributed by atoms with Crippen LogP contribution in [0.4, 0.5) is 8.78 Å². The summed E-state index contributed by atoms with van der Waals surface area (Å²) in [6.45, 7) is 2.50.